The molecule has 0 bridgehead atoms. The Morgan fingerprint density at radius 3 is 2.68 bits per heavy atom. The lowest BCUT2D eigenvalue weighted by Gasteiger charge is -2.14. The second kappa shape index (κ2) is 9.65. The molecule has 0 aromatic carbocycles. The maximum Gasteiger partial charge on any atom is 0.239 e. The monoisotopic (exact) mass is 380 g/mol. The Morgan fingerprint density at radius 2 is 2.16 bits per heavy atom. The molecular formula is C12H21IN4O2. The van der Waals surface area contributed by atoms with Crippen LogP contribution in [0.4, 0.5) is 0 Å². The molecule has 19 heavy (non-hydrogen) atoms. The minimum absolute atomic E-state index is 0. The molecule has 1 rings (SSSR count). The summed E-state index contributed by atoms with van der Waals surface area (Å²) in [4.78, 5) is 15.6. The first-order chi connectivity index (χ1) is 8.61. The lowest BCUT2D eigenvalue weighted by atomic mass is 10.4. The average molecular weight is 380 g/mol. The summed E-state index contributed by atoms with van der Waals surface area (Å²) in [5.41, 5.74) is 0. The van der Waals surface area contributed by atoms with Crippen LogP contribution in [-0.4, -0.2) is 31.5 Å². The highest BCUT2D eigenvalue weighted by Crippen LogP contribution is 1.97. The van der Waals surface area contributed by atoms with Gasteiger partial charge in [-0.25, -0.2) is 0 Å². The zero-order valence-electron chi connectivity index (χ0n) is 11.4. The van der Waals surface area contributed by atoms with Gasteiger partial charge in [0.15, 0.2) is 5.96 Å². The smallest absolute Gasteiger partial charge is 0.239 e. The minimum Gasteiger partial charge on any atom is -0.467 e. The predicted octanol–water partition coefficient (Wildman–Crippen LogP) is 1.09. The van der Waals surface area contributed by atoms with Crippen LogP contribution in [0.1, 0.15) is 19.6 Å². The van der Waals surface area contributed by atoms with Crippen LogP contribution < -0.4 is 16.0 Å². The summed E-state index contributed by atoms with van der Waals surface area (Å²) in [6.45, 7) is 4.57. The molecule has 0 aliphatic heterocycles. The molecule has 1 amide bonds. The van der Waals surface area contributed by atoms with Crippen molar-refractivity contribution in [2.45, 2.75) is 26.4 Å². The zero-order chi connectivity index (χ0) is 13.4. The molecule has 1 aromatic heterocycles. The number of carbonyl (C=O) groups excluding carboxylic acids is 1. The van der Waals surface area contributed by atoms with Gasteiger partial charge in [0.1, 0.15) is 5.76 Å². The van der Waals surface area contributed by atoms with Gasteiger partial charge in [-0.15, -0.1) is 24.0 Å². The Morgan fingerprint density at radius 1 is 1.42 bits per heavy atom. The van der Waals surface area contributed by atoms with Crippen LogP contribution in [0.2, 0.25) is 0 Å². The van der Waals surface area contributed by atoms with Crippen molar-refractivity contribution in [1.82, 2.24) is 16.0 Å². The van der Waals surface area contributed by atoms with E-state index in [0.717, 1.165) is 5.76 Å². The molecule has 1 aromatic rings. The number of rotatable bonds is 5. The number of nitrogens with zero attached hydrogens (tertiary/aromatic N) is 1. The molecule has 0 saturated carbocycles. The lowest BCUT2D eigenvalue weighted by molar-refractivity contribution is -0.120. The second-order valence-electron chi connectivity index (χ2n) is 4.08. The standard InChI is InChI=1S/C12H20N4O2.HI/c1-9(2)16-12(13-3)15-8-11(17)14-7-10-5-4-6-18-10;/h4-6,9H,7-8H2,1-3H3,(H,14,17)(H2,13,15,16);1H. The molecule has 7 heteroatoms. The highest BCUT2D eigenvalue weighted by Gasteiger charge is 2.05. The third-order valence-electron chi connectivity index (χ3n) is 2.11. The van der Waals surface area contributed by atoms with Crippen molar-refractivity contribution in [3.63, 3.8) is 0 Å². The first kappa shape index (κ1) is 17.8. The first-order valence-electron chi connectivity index (χ1n) is 5.88. The number of amides is 1. The first-order valence-corrected chi connectivity index (χ1v) is 5.88. The van der Waals surface area contributed by atoms with E-state index in [9.17, 15) is 4.79 Å². The van der Waals surface area contributed by atoms with Crippen LogP contribution in [0, 0.1) is 0 Å². The quantitative estimate of drug-likeness (QED) is 0.406. The van der Waals surface area contributed by atoms with Crippen LogP contribution in [0.25, 0.3) is 0 Å². The van der Waals surface area contributed by atoms with Crippen LogP contribution in [0.5, 0.6) is 0 Å². The number of hydrogen-bond donors (Lipinski definition) is 3. The van der Waals surface area contributed by atoms with Crippen molar-refractivity contribution >= 4 is 35.8 Å². The number of halogens is 1. The van der Waals surface area contributed by atoms with Gasteiger partial charge in [-0.05, 0) is 26.0 Å². The van der Waals surface area contributed by atoms with Gasteiger partial charge < -0.3 is 20.4 Å². The number of carbonyl (C=O) groups is 1. The molecule has 0 aliphatic rings. The Hall–Kier alpha value is -1.25. The Kier molecular flexibility index (Phi) is 9.02. The van der Waals surface area contributed by atoms with Crippen molar-refractivity contribution in [2.24, 2.45) is 4.99 Å². The third kappa shape index (κ3) is 7.70. The SMILES string of the molecule is CN=C(NCC(=O)NCc1ccco1)NC(C)C.I. The average Bonchev–Trinajstić information content (AvgIpc) is 2.84. The Labute approximate surface area is 130 Å². The van der Waals surface area contributed by atoms with Crippen molar-refractivity contribution < 1.29 is 9.21 Å². The van der Waals surface area contributed by atoms with Crippen molar-refractivity contribution in [1.29, 1.82) is 0 Å². The van der Waals surface area contributed by atoms with Crippen LogP contribution in [0.3, 0.4) is 0 Å². The highest BCUT2D eigenvalue weighted by atomic mass is 127. The molecule has 0 unspecified atom stereocenters. The molecule has 3 N–H and O–H groups in total. The van der Waals surface area contributed by atoms with E-state index in [1.807, 2.05) is 19.9 Å². The topological polar surface area (TPSA) is 78.7 Å². The van der Waals surface area contributed by atoms with Crippen LogP contribution >= 0.6 is 24.0 Å². The Balaban J connectivity index is 0.00000324. The van der Waals surface area contributed by atoms with Gasteiger partial charge >= 0.3 is 0 Å². The largest absolute Gasteiger partial charge is 0.467 e. The van der Waals surface area contributed by atoms with Gasteiger partial charge in [0, 0.05) is 13.1 Å². The number of furan rings is 1. The second-order valence-corrected chi connectivity index (χ2v) is 4.08. The number of nitrogens with one attached hydrogen (secondary N) is 3. The minimum atomic E-state index is -0.113. The van der Waals surface area contributed by atoms with Gasteiger partial charge in [-0.2, -0.15) is 0 Å². The van der Waals surface area contributed by atoms with Crippen molar-refractivity contribution in [2.75, 3.05) is 13.6 Å². The fraction of sp³-hybridized carbons (Fsp3) is 0.500. The summed E-state index contributed by atoms with van der Waals surface area (Å²) in [6, 6.07) is 3.86. The van der Waals surface area contributed by atoms with E-state index < -0.39 is 0 Å². The van der Waals surface area contributed by atoms with Gasteiger partial charge in [0.25, 0.3) is 0 Å². The molecule has 0 spiro atoms. The number of guanidine groups is 1. The van der Waals surface area contributed by atoms with E-state index in [4.69, 9.17) is 4.42 Å². The van der Waals surface area contributed by atoms with Crippen LogP contribution in [-0.2, 0) is 11.3 Å². The van der Waals surface area contributed by atoms with E-state index in [-0.39, 0.29) is 42.5 Å². The van der Waals surface area contributed by atoms with E-state index >= 15 is 0 Å². The van der Waals surface area contributed by atoms with E-state index in [2.05, 4.69) is 20.9 Å². The maximum absolute atomic E-state index is 11.5. The maximum atomic E-state index is 11.5. The summed E-state index contributed by atoms with van der Waals surface area (Å²) in [5, 5.41) is 8.76. The van der Waals surface area contributed by atoms with Gasteiger partial charge in [0.2, 0.25) is 5.91 Å². The highest BCUT2D eigenvalue weighted by molar-refractivity contribution is 14.0. The summed E-state index contributed by atoms with van der Waals surface area (Å²) in [6.07, 6.45) is 1.58. The fourth-order valence-corrected chi connectivity index (χ4v) is 1.29. The summed E-state index contributed by atoms with van der Waals surface area (Å²) >= 11 is 0. The Bertz CT molecular complexity index is 390. The molecule has 0 fully saturated rings. The molecule has 108 valence electrons. The van der Waals surface area contributed by atoms with Crippen LogP contribution in [0.15, 0.2) is 27.8 Å². The van der Waals surface area contributed by atoms with E-state index in [0.29, 0.717) is 12.5 Å². The molecule has 0 atom stereocenters. The molecular weight excluding hydrogens is 359 g/mol. The predicted molar refractivity (Wildman–Crippen MR) is 85.6 cm³/mol. The summed E-state index contributed by atoms with van der Waals surface area (Å²) in [7, 11) is 1.67. The van der Waals surface area contributed by atoms with Gasteiger partial charge in [0.05, 0.1) is 19.4 Å². The fourth-order valence-electron chi connectivity index (χ4n) is 1.29. The lowest BCUT2D eigenvalue weighted by Crippen LogP contribution is -2.45. The normalized spacial score (nSPS) is 10.8. The summed E-state index contributed by atoms with van der Waals surface area (Å²) in [5.74, 6) is 1.23. The molecule has 6 nitrogen and oxygen atoms in total. The molecule has 0 radical (unpaired) electrons. The zero-order valence-corrected chi connectivity index (χ0v) is 13.7. The number of hydrogen-bond acceptors (Lipinski definition) is 3. The van der Waals surface area contributed by atoms with Gasteiger partial charge in [-0.3, -0.25) is 9.79 Å². The van der Waals surface area contributed by atoms with E-state index in [1.54, 1.807) is 19.4 Å². The molecule has 1 heterocycles. The van der Waals surface area contributed by atoms with Crippen molar-refractivity contribution in [3.8, 4) is 0 Å². The van der Waals surface area contributed by atoms with E-state index in [1.165, 1.54) is 0 Å². The number of aliphatic imine (C=N–C) groups is 1. The van der Waals surface area contributed by atoms with Gasteiger partial charge in [-0.1, -0.05) is 0 Å². The van der Waals surface area contributed by atoms with Crippen molar-refractivity contribution in [3.05, 3.63) is 24.2 Å². The molecule has 0 saturated heterocycles. The third-order valence-corrected chi connectivity index (χ3v) is 2.11. The molecule has 0 aliphatic carbocycles. The summed E-state index contributed by atoms with van der Waals surface area (Å²) < 4.78 is 5.11.